The molecule has 0 bridgehead atoms. The van der Waals surface area contributed by atoms with Crippen LogP contribution in [0.4, 0.5) is 0 Å². The molecule has 0 aromatic heterocycles. The first-order valence-corrected chi connectivity index (χ1v) is 7.03. The van der Waals surface area contributed by atoms with Gasteiger partial charge in [-0.3, -0.25) is 0 Å². The Morgan fingerprint density at radius 2 is 2.12 bits per heavy atom. The molecule has 0 unspecified atom stereocenters. The van der Waals surface area contributed by atoms with E-state index in [1.165, 1.54) is 0 Å². The molecule has 94 valence electrons. The third-order valence-corrected chi connectivity index (χ3v) is 4.17. The minimum absolute atomic E-state index is 0.171. The van der Waals surface area contributed by atoms with Crippen LogP contribution in [0, 0.1) is 0 Å². The zero-order valence-electron chi connectivity index (χ0n) is 9.93. The molecule has 1 saturated heterocycles. The predicted molar refractivity (Wildman–Crippen MR) is 74.4 cm³/mol. The van der Waals surface area contributed by atoms with Crippen LogP contribution in [0.2, 0.25) is 5.02 Å². The minimum Gasteiger partial charge on any atom is -0.381 e. The van der Waals surface area contributed by atoms with Crippen molar-refractivity contribution in [1.82, 2.24) is 5.32 Å². The van der Waals surface area contributed by atoms with Crippen molar-refractivity contribution in [2.24, 2.45) is 0 Å². The van der Waals surface area contributed by atoms with Crippen LogP contribution >= 0.6 is 27.5 Å². The molecule has 1 aliphatic heterocycles. The van der Waals surface area contributed by atoms with Gasteiger partial charge in [0.2, 0.25) is 0 Å². The summed E-state index contributed by atoms with van der Waals surface area (Å²) in [6.45, 7) is 4.74. The van der Waals surface area contributed by atoms with Crippen molar-refractivity contribution in [3.05, 3.63) is 33.3 Å². The Kier molecular flexibility index (Phi) is 4.47. The molecule has 0 amide bonds. The Hall–Kier alpha value is -0.0900. The zero-order valence-corrected chi connectivity index (χ0v) is 12.3. The molecule has 4 heteroatoms. The summed E-state index contributed by atoms with van der Waals surface area (Å²) in [5, 5.41) is 4.41. The maximum atomic E-state index is 6.17. The van der Waals surface area contributed by atoms with Gasteiger partial charge in [-0.25, -0.2) is 0 Å². The number of ether oxygens (including phenoxy) is 1. The normalized spacial score (nSPS) is 19.2. The average molecular weight is 319 g/mol. The average Bonchev–Trinajstić information content (AvgIpc) is 2.31. The summed E-state index contributed by atoms with van der Waals surface area (Å²) in [6, 6.07) is 5.95. The number of rotatable bonds is 3. The molecule has 1 heterocycles. The highest BCUT2D eigenvalue weighted by atomic mass is 79.9. The summed E-state index contributed by atoms with van der Waals surface area (Å²) in [5.74, 6) is 0. The molecule has 2 nitrogen and oxygen atoms in total. The van der Waals surface area contributed by atoms with Gasteiger partial charge in [0.25, 0.3) is 0 Å². The highest BCUT2D eigenvalue weighted by Gasteiger charge is 2.26. The van der Waals surface area contributed by atoms with E-state index in [0.717, 1.165) is 47.7 Å². The van der Waals surface area contributed by atoms with Crippen molar-refractivity contribution >= 4 is 27.5 Å². The Balaban J connectivity index is 1.99. The van der Waals surface area contributed by atoms with Crippen molar-refractivity contribution in [2.75, 3.05) is 13.2 Å². The lowest BCUT2D eigenvalue weighted by atomic mass is 9.92. The first kappa shape index (κ1) is 13.3. The molecular formula is C13H17BrClNO. The minimum atomic E-state index is 0.171. The lowest BCUT2D eigenvalue weighted by Gasteiger charge is -2.34. The van der Waals surface area contributed by atoms with Crippen LogP contribution in [0.3, 0.4) is 0 Å². The highest BCUT2D eigenvalue weighted by molar-refractivity contribution is 9.10. The summed E-state index contributed by atoms with van der Waals surface area (Å²) in [5.41, 5.74) is 1.30. The quantitative estimate of drug-likeness (QED) is 0.916. The lowest BCUT2D eigenvalue weighted by molar-refractivity contribution is 0.0446. The second kappa shape index (κ2) is 5.70. The molecule has 1 aromatic carbocycles. The largest absolute Gasteiger partial charge is 0.381 e. The van der Waals surface area contributed by atoms with Gasteiger partial charge in [-0.1, -0.05) is 27.5 Å². The molecule has 0 saturated carbocycles. The predicted octanol–water partition coefficient (Wildman–Crippen LogP) is 3.76. The van der Waals surface area contributed by atoms with Gasteiger partial charge in [-0.15, -0.1) is 0 Å². The van der Waals surface area contributed by atoms with Gasteiger partial charge in [0.15, 0.2) is 0 Å². The second-order valence-electron chi connectivity index (χ2n) is 4.76. The van der Waals surface area contributed by atoms with Crippen LogP contribution < -0.4 is 5.32 Å². The molecule has 2 rings (SSSR count). The van der Waals surface area contributed by atoms with E-state index in [4.69, 9.17) is 16.3 Å². The van der Waals surface area contributed by atoms with Crippen molar-refractivity contribution in [2.45, 2.75) is 31.8 Å². The van der Waals surface area contributed by atoms with Gasteiger partial charge in [0, 0.05) is 34.8 Å². The van der Waals surface area contributed by atoms with Gasteiger partial charge in [0.05, 0.1) is 0 Å². The van der Waals surface area contributed by atoms with Gasteiger partial charge < -0.3 is 10.1 Å². The SMILES string of the molecule is CC1(NCc2cc(Br)ccc2Cl)CCOCC1. The Bertz CT molecular complexity index is 391. The van der Waals surface area contributed by atoms with E-state index in [2.05, 4.69) is 34.2 Å². The van der Waals surface area contributed by atoms with Gasteiger partial charge in [0.1, 0.15) is 0 Å². The molecule has 0 spiro atoms. The summed E-state index contributed by atoms with van der Waals surface area (Å²) < 4.78 is 6.45. The standard InChI is InChI=1S/C13H17BrClNO/c1-13(4-6-17-7-5-13)16-9-10-8-11(14)2-3-12(10)15/h2-3,8,16H,4-7,9H2,1H3. The number of nitrogens with one attached hydrogen (secondary N) is 1. The third kappa shape index (κ3) is 3.68. The highest BCUT2D eigenvalue weighted by Crippen LogP contribution is 2.24. The Morgan fingerprint density at radius 1 is 1.41 bits per heavy atom. The summed E-state index contributed by atoms with van der Waals surface area (Å²) >= 11 is 9.64. The maximum absolute atomic E-state index is 6.17. The molecule has 17 heavy (non-hydrogen) atoms. The number of hydrogen-bond acceptors (Lipinski definition) is 2. The zero-order chi connectivity index (χ0) is 12.3. The fourth-order valence-electron chi connectivity index (χ4n) is 1.99. The summed E-state index contributed by atoms with van der Waals surface area (Å²) in [7, 11) is 0. The lowest BCUT2D eigenvalue weighted by Crippen LogP contribution is -2.46. The van der Waals surface area contributed by atoms with Gasteiger partial charge in [-0.2, -0.15) is 0 Å². The number of halogens is 2. The van der Waals surface area contributed by atoms with Crippen LogP contribution in [0.25, 0.3) is 0 Å². The van der Waals surface area contributed by atoms with Crippen molar-refractivity contribution in [3.8, 4) is 0 Å². The molecule has 1 N–H and O–H groups in total. The fraction of sp³-hybridized carbons (Fsp3) is 0.538. The van der Waals surface area contributed by atoms with E-state index < -0.39 is 0 Å². The maximum Gasteiger partial charge on any atom is 0.0483 e. The van der Waals surface area contributed by atoms with Gasteiger partial charge in [-0.05, 0) is 43.5 Å². The summed E-state index contributed by atoms with van der Waals surface area (Å²) in [6.07, 6.45) is 2.11. The van der Waals surface area contributed by atoms with E-state index in [0.29, 0.717) is 0 Å². The second-order valence-corrected chi connectivity index (χ2v) is 6.09. The summed E-state index contributed by atoms with van der Waals surface area (Å²) in [4.78, 5) is 0. The first-order valence-electron chi connectivity index (χ1n) is 5.86. The molecule has 1 fully saturated rings. The smallest absolute Gasteiger partial charge is 0.0483 e. The van der Waals surface area contributed by atoms with Crippen LogP contribution in [-0.2, 0) is 11.3 Å². The Morgan fingerprint density at radius 3 is 2.82 bits per heavy atom. The van der Waals surface area contributed by atoms with Crippen LogP contribution in [0.15, 0.2) is 22.7 Å². The third-order valence-electron chi connectivity index (χ3n) is 3.31. The van der Waals surface area contributed by atoms with E-state index in [1.54, 1.807) is 0 Å². The molecule has 1 aromatic rings. The van der Waals surface area contributed by atoms with Gasteiger partial charge >= 0.3 is 0 Å². The number of benzene rings is 1. The molecule has 0 atom stereocenters. The monoisotopic (exact) mass is 317 g/mol. The van der Waals surface area contributed by atoms with Crippen LogP contribution in [0.5, 0.6) is 0 Å². The van der Waals surface area contributed by atoms with Crippen molar-refractivity contribution in [1.29, 1.82) is 0 Å². The first-order chi connectivity index (χ1) is 8.09. The van der Waals surface area contributed by atoms with Crippen LogP contribution in [-0.4, -0.2) is 18.8 Å². The van der Waals surface area contributed by atoms with Crippen LogP contribution in [0.1, 0.15) is 25.3 Å². The fourth-order valence-corrected chi connectivity index (χ4v) is 2.58. The Labute approximate surface area is 116 Å². The topological polar surface area (TPSA) is 21.3 Å². The molecule has 0 aliphatic carbocycles. The molecule has 0 radical (unpaired) electrons. The van der Waals surface area contributed by atoms with Crippen molar-refractivity contribution < 1.29 is 4.74 Å². The van der Waals surface area contributed by atoms with E-state index in [9.17, 15) is 0 Å². The number of hydrogen-bond donors (Lipinski definition) is 1. The van der Waals surface area contributed by atoms with E-state index in [-0.39, 0.29) is 5.54 Å². The molecular weight excluding hydrogens is 302 g/mol. The molecule has 1 aliphatic rings. The van der Waals surface area contributed by atoms with Crippen molar-refractivity contribution in [3.63, 3.8) is 0 Å². The van der Waals surface area contributed by atoms with E-state index >= 15 is 0 Å². The van der Waals surface area contributed by atoms with E-state index in [1.807, 2.05) is 12.1 Å².